The molecule has 1 aromatic heterocycles. The summed E-state index contributed by atoms with van der Waals surface area (Å²) in [5, 5.41) is 12.1. The summed E-state index contributed by atoms with van der Waals surface area (Å²) in [6, 6.07) is 16.0. The highest BCUT2D eigenvalue weighted by molar-refractivity contribution is 5.82. The van der Waals surface area contributed by atoms with E-state index >= 15 is 0 Å². The lowest BCUT2D eigenvalue weighted by molar-refractivity contribution is -0.383. The van der Waals surface area contributed by atoms with Crippen LogP contribution in [0.2, 0.25) is 0 Å². The van der Waals surface area contributed by atoms with Crippen molar-refractivity contribution < 1.29 is 4.92 Å². The van der Waals surface area contributed by atoms with Crippen molar-refractivity contribution >= 4 is 28.7 Å². The molecule has 0 bridgehead atoms. The summed E-state index contributed by atoms with van der Waals surface area (Å²) in [5.41, 5.74) is 4.31. The molecule has 0 aliphatic carbocycles. The molecule has 2 aromatic carbocycles. The summed E-state index contributed by atoms with van der Waals surface area (Å²) < 4.78 is 0. The van der Waals surface area contributed by atoms with Crippen LogP contribution < -0.4 is 9.80 Å². The van der Waals surface area contributed by atoms with E-state index in [0.29, 0.717) is 24.7 Å². The molecule has 7 nitrogen and oxygen atoms in total. The van der Waals surface area contributed by atoms with Gasteiger partial charge in [-0.3, -0.25) is 10.1 Å². The van der Waals surface area contributed by atoms with Gasteiger partial charge < -0.3 is 9.80 Å². The first-order chi connectivity index (χ1) is 13.7. The van der Waals surface area contributed by atoms with Crippen molar-refractivity contribution in [3.05, 3.63) is 76.1 Å². The topological polar surface area (TPSA) is 75.4 Å². The molecule has 0 unspecified atom stereocenters. The molecular formula is C21H19N5O2. The zero-order chi connectivity index (χ0) is 19.1. The quantitative estimate of drug-likeness (QED) is 0.507. The normalized spacial score (nSPS) is 15.3. The Morgan fingerprint density at radius 2 is 1.39 bits per heavy atom. The minimum atomic E-state index is -0.344. The van der Waals surface area contributed by atoms with Crippen LogP contribution in [0.4, 0.5) is 28.7 Å². The van der Waals surface area contributed by atoms with Gasteiger partial charge in [0.15, 0.2) is 0 Å². The van der Waals surface area contributed by atoms with Crippen molar-refractivity contribution in [2.45, 2.75) is 19.3 Å². The minimum absolute atomic E-state index is 0.0316. The van der Waals surface area contributed by atoms with Crippen LogP contribution >= 0.6 is 0 Å². The standard InChI is InChI=1S/C21H19N5O2/c27-26(28)19-20(24-12-5-8-15-6-1-3-9-17(15)24)22-14-23-21(19)25-13-11-16-7-2-4-10-18(16)25/h1-4,6-7,9-10,14H,5,8,11-13H2. The lowest BCUT2D eigenvalue weighted by Crippen LogP contribution is -2.27. The molecule has 140 valence electrons. The van der Waals surface area contributed by atoms with E-state index in [0.717, 1.165) is 30.6 Å². The maximum absolute atomic E-state index is 12.1. The predicted octanol–water partition coefficient (Wildman–Crippen LogP) is 4.16. The van der Waals surface area contributed by atoms with Crippen molar-refractivity contribution in [3.63, 3.8) is 0 Å². The number of nitro groups is 1. The average Bonchev–Trinajstić information content (AvgIpc) is 3.17. The number of aromatic nitrogens is 2. The molecule has 0 saturated heterocycles. The molecule has 28 heavy (non-hydrogen) atoms. The van der Waals surface area contributed by atoms with Gasteiger partial charge >= 0.3 is 5.69 Å². The largest absolute Gasteiger partial charge is 0.354 e. The first kappa shape index (κ1) is 16.7. The monoisotopic (exact) mass is 373 g/mol. The molecule has 7 heteroatoms. The molecule has 0 radical (unpaired) electrons. The van der Waals surface area contributed by atoms with E-state index in [9.17, 15) is 10.1 Å². The molecule has 0 atom stereocenters. The van der Waals surface area contributed by atoms with Gasteiger partial charge in [-0.2, -0.15) is 0 Å². The Morgan fingerprint density at radius 3 is 2.04 bits per heavy atom. The maximum Gasteiger partial charge on any atom is 0.354 e. The molecule has 3 heterocycles. The Labute approximate surface area is 162 Å². The number of hydrogen-bond donors (Lipinski definition) is 0. The fraction of sp³-hybridized carbons (Fsp3) is 0.238. The molecule has 0 N–H and O–H groups in total. The van der Waals surface area contributed by atoms with Gasteiger partial charge in [-0.1, -0.05) is 36.4 Å². The molecule has 0 fully saturated rings. The number of anilines is 4. The zero-order valence-electron chi connectivity index (χ0n) is 15.3. The summed E-state index contributed by atoms with van der Waals surface area (Å²) in [6.07, 6.45) is 4.19. The number of fused-ring (bicyclic) bond motifs is 2. The van der Waals surface area contributed by atoms with E-state index in [4.69, 9.17) is 0 Å². The van der Waals surface area contributed by atoms with Crippen molar-refractivity contribution in [3.8, 4) is 0 Å². The van der Waals surface area contributed by atoms with E-state index < -0.39 is 0 Å². The summed E-state index contributed by atoms with van der Waals surface area (Å²) in [7, 11) is 0. The van der Waals surface area contributed by atoms with Gasteiger partial charge in [0.25, 0.3) is 0 Å². The Kier molecular flexibility index (Phi) is 3.93. The molecule has 2 aliphatic heterocycles. The second-order valence-corrected chi connectivity index (χ2v) is 7.04. The number of aryl methyl sites for hydroxylation is 1. The second kappa shape index (κ2) is 6.60. The lowest BCUT2D eigenvalue weighted by Gasteiger charge is -2.30. The molecule has 0 saturated carbocycles. The van der Waals surface area contributed by atoms with Crippen molar-refractivity contribution in [2.75, 3.05) is 22.9 Å². The molecule has 2 aliphatic rings. The van der Waals surface area contributed by atoms with E-state index in [2.05, 4.69) is 22.1 Å². The average molecular weight is 373 g/mol. The van der Waals surface area contributed by atoms with E-state index in [-0.39, 0.29) is 10.6 Å². The second-order valence-electron chi connectivity index (χ2n) is 7.04. The fourth-order valence-electron chi connectivity index (χ4n) is 4.23. The highest BCUT2D eigenvalue weighted by Gasteiger charge is 2.34. The summed E-state index contributed by atoms with van der Waals surface area (Å²) in [4.78, 5) is 24.4. The first-order valence-corrected chi connectivity index (χ1v) is 9.44. The Balaban J connectivity index is 1.66. The van der Waals surface area contributed by atoms with Crippen LogP contribution in [0.15, 0.2) is 54.9 Å². The smallest absolute Gasteiger partial charge is 0.320 e. The number of rotatable bonds is 3. The van der Waals surface area contributed by atoms with Crippen LogP contribution in [0.25, 0.3) is 0 Å². The van der Waals surface area contributed by atoms with Crippen LogP contribution in [-0.4, -0.2) is 28.0 Å². The molecule has 3 aromatic rings. The summed E-state index contributed by atoms with van der Waals surface area (Å²) in [5.74, 6) is 0.731. The van der Waals surface area contributed by atoms with E-state index in [1.807, 2.05) is 46.2 Å². The van der Waals surface area contributed by atoms with Crippen LogP contribution in [0.5, 0.6) is 0 Å². The van der Waals surface area contributed by atoms with Crippen molar-refractivity contribution in [2.24, 2.45) is 0 Å². The number of para-hydroxylation sites is 2. The maximum atomic E-state index is 12.1. The molecular weight excluding hydrogens is 354 g/mol. The van der Waals surface area contributed by atoms with Crippen LogP contribution in [0.3, 0.4) is 0 Å². The summed E-state index contributed by atoms with van der Waals surface area (Å²) >= 11 is 0. The van der Waals surface area contributed by atoms with Crippen LogP contribution in [0.1, 0.15) is 17.5 Å². The third kappa shape index (κ3) is 2.58. The van der Waals surface area contributed by atoms with Gasteiger partial charge in [0, 0.05) is 24.5 Å². The van der Waals surface area contributed by atoms with Crippen LogP contribution in [0, 0.1) is 10.1 Å². The highest BCUT2D eigenvalue weighted by Crippen LogP contribution is 2.44. The third-order valence-electron chi connectivity index (χ3n) is 5.47. The first-order valence-electron chi connectivity index (χ1n) is 9.44. The SMILES string of the molecule is O=[N+]([O-])c1c(N2CCCc3ccccc32)ncnc1N1CCc2ccccc21. The van der Waals surface area contributed by atoms with Gasteiger partial charge in [-0.05, 0) is 42.5 Å². The molecule has 0 amide bonds. The van der Waals surface area contributed by atoms with Crippen LogP contribution in [-0.2, 0) is 12.8 Å². The number of benzene rings is 2. The van der Waals surface area contributed by atoms with Gasteiger partial charge in [-0.15, -0.1) is 0 Å². The molecule has 0 spiro atoms. The van der Waals surface area contributed by atoms with Gasteiger partial charge in [0.05, 0.1) is 4.92 Å². The summed E-state index contributed by atoms with van der Waals surface area (Å²) in [6.45, 7) is 1.37. The molecule has 5 rings (SSSR count). The Morgan fingerprint density at radius 1 is 0.821 bits per heavy atom. The van der Waals surface area contributed by atoms with Gasteiger partial charge in [0.2, 0.25) is 11.6 Å². The third-order valence-corrected chi connectivity index (χ3v) is 5.47. The lowest BCUT2D eigenvalue weighted by atomic mass is 10.0. The number of hydrogen-bond acceptors (Lipinski definition) is 6. The van der Waals surface area contributed by atoms with Gasteiger partial charge in [-0.25, -0.2) is 9.97 Å². The highest BCUT2D eigenvalue weighted by atomic mass is 16.6. The van der Waals surface area contributed by atoms with Crippen molar-refractivity contribution in [1.82, 2.24) is 9.97 Å². The predicted molar refractivity (Wildman–Crippen MR) is 108 cm³/mol. The fourth-order valence-corrected chi connectivity index (χ4v) is 4.23. The minimum Gasteiger partial charge on any atom is -0.320 e. The van der Waals surface area contributed by atoms with Gasteiger partial charge in [0.1, 0.15) is 6.33 Å². The Hall–Kier alpha value is -3.48. The Bertz CT molecular complexity index is 1070. The zero-order valence-corrected chi connectivity index (χ0v) is 15.3. The number of nitrogens with zero attached hydrogens (tertiary/aromatic N) is 5. The van der Waals surface area contributed by atoms with E-state index in [1.54, 1.807) is 0 Å². The van der Waals surface area contributed by atoms with Crippen molar-refractivity contribution in [1.29, 1.82) is 0 Å². The van der Waals surface area contributed by atoms with E-state index in [1.165, 1.54) is 17.5 Å².